The van der Waals surface area contributed by atoms with Gasteiger partial charge in [-0.25, -0.2) is 4.39 Å². The Balaban J connectivity index is 1.62. The van der Waals surface area contributed by atoms with Gasteiger partial charge in [0, 0.05) is 12.2 Å². The topological polar surface area (TPSA) is 18.5 Å². The van der Waals surface area contributed by atoms with Gasteiger partial charge in [-0.2, -0.15) is 4.39 Å². The molecule has 27 heavy (non-hydrogen) atoms. The maximum absolute atomic E-state index is 14.6. The van der Waals surface area contributed by atoms with Crippen LogP contribution in [0.5, 0.6) is 5.75 Å². The molecule has 1 aliphatic heterocycles. The number of benzene rings is 1. The summed E-state index contributed by atoms with van der Waals surface area (Å²) in [6.07, 6.45) is 10.4. The van der Waals surface area contributed by atoms with E-state index in [1.165, 1.54) is 12.8 Å². The van der Waals surface area contributed by atoms with E-state index in [2.05, 4.69) is 13.0 Å². The number of halogens is 2. The highest BCUT2D eigenvalue weighted by atomic mass is 19.2. The van der Waals surface area contributed by atoms with Crippen LogP contribution >= 0.6 is 0 Å². The average molecular weight is 379 g/mol. The maximum atomic E-state index is 14.6. The van der Waals surface area contributed by atoms with Crippen molar-refractivity contribution in [1.29, 1.82) is 0 Å². The highest BCUT2D eigenvalue weighted by Gasteiger charge is 2.30. The highest BCUT2D eigenvalue weighted by Crippen LogP contribution is 2.38. The number of ether oxygens (including phenoxy) is 2. The molecule has 1 saturated heterocycles. The van der Waals surface area contributed by atoms with Gasteiger partial charge in [-0.3, -0.25) is 0 Å². The minimum absolute atomic E-state index is 0.0140. The number of hydrogen-bond donors (Lipinski definition) is 0. The molecule has 0 saturated carbocycles. The maximum Gasteiger partial charge on any atom is 0.201 e. The van der Waals surface area contributed by atoms with Gasteiger partial charge in [-0.05, 0) is 68.1 Å². The van der Waals surface area contributed by atoms with Crippen LogP contribution in [0.25, 0.3) is 5.57 Å². The Labute approximate surface area is 161 Å². The third kappa shape index (κ3) is 4.90. The molecule has 0 amide bonds. The summed E-state index contributed by atoms with van der Waals surface area (Å²) in [5.41, 5.74) is 1.29. The molecule has 150 valence electrons. The average Bonchev–Trinajstić information content (AvgIpc) is 2.72. The van der Waals surface area contributed by atoms with Crippen molar-refractivity contribution in [3.05, 3.63) is 35.4 Å². The molecule has 0 bridgehead atoms. The first kappa shape index (κ1) is 20.3. The molecular formula is C23H32F2O2. The van der Waals surface area contributed by atoms with Gasteiger partial charge < -0.3 is 9.47 Å². The third-order valence-electron chi connectivity index (χ3n) is 6.11. The summed E-state index contributed by atoms with van der Waals surface area (Å²) in [4.78, 5) is 0. The molecule has 1 aromatic rings. The molecule has 2 nitrogen and oxygen atoms in total. The lowest BCUT2D eigenvalue weighted by molar-refractivity contribution is -0.0494. The summed E-state index contributed by atoms with van der Waals surface area (Å²) < 4.78 is 40.4. The lowest BCUT2D eigenvalue weighted by atomic mass is 9.80. The van der Waals surface area contributed by atoms with Crippen LogP contribution in [-0.4, -0.2) is 19.3 Å². The van der Waals surface area contributed by atoms with Gasteiger partial charge >= 0.3 is 0 Å². The van der Waals surface area contributed by atoms with Crippen LogP contribution < -0.4 is 4.74 Å². The van der Waals surface area contributed by atoms with Crippen molar-refractivity contribution in [3.8, 4) is 5.75 Å². The summed E-state index contributed by atoms with van der Waals surface area (Å²) in [6.45, 7) is 5.54. The highest BCUT2D eigenvalue weighted by molar-refractivity contribution is 5.67. The Morgan fingerprint density at radius 1 is 1.11 bits per heavy atom. The standard InChI is InChI=1S/C23H32F2O2/c1-3-5-14-26-21-13-11-19(22(24)23(21)25)17-7-9-18(10-8-17)20-12-6-16(4-2)15-27-20/h7,11,13,16,18,20H,3-6,8-10,12,14-15H2,1-2H3. The quantitative estimate of drug-likeness (QED) is 0.502. The van der Waals surface area contributed by atoms with Gasteiger partial charge in [-0.1, -0.05) is 32.8 Å². The Kier molecular flexibility index (Phi) is 7.28. The van der Waals surface area contributed by atoms with Gasteiger partial charge in [0.05, 0.1) is 12.7 Å². The summed E-state index contributed by atoms with van der Waals surface area (Å²) in [6, 6.07) is 3.22. The number of hydrogen-bond acceptors (Lipinski definition) is 2. The third-order valence-corrected chi connectivity index (χ3v) is 6.11. The molecule has 0 spiro atoms. The van der Waals surface area contributed by atoms with Gasteiger partial charge in [0.1, 0.15) is 0 Å². The second-order valence-electron chi connectivity index (χ2n) is 7.93. The van der Waals surface area contributed by atoms with Crippen molar-refractivity contribution in [3.63, 3.8) is 0 Å². The number of allylic oxidation sites excluding steroid dienone is 2. The first-order chi connectivity index (χ1) is 13.1. The number of rotatable bonds is 7. The molecule has 0 N–H and O–H groups in total. The molecule has 1 heterocycles. The summed E-state index contributed by atoms with van der Waals surface area (Å²) in [5.74, 6) is -0.441. The summed E-state index contributed by atoms with van der Waals surface area (Å²) >= 11 is 0. The lowest BCUT2D eigenvalue weighted by Crippen LogP contribution is -2.32. The number of unbranched alkanes of at least 4 members (excludes halogenated alkanes) is 1. The second kappa shape index (κ2) is 9.68. The molecule has 1 fully saturated rings. The fourth-order valence-electron chi connectivity index (χ4n) is 4.17. The van der Waals surface area contributed by atoms with E-state index in [9.17, 15) is 8.78 Å². The predicted octanol–water partition coefficient (Wildman–Crippen LogP) is 6.53. The van der Waals surface area contributed by atoms with Crippen LogP contribution in [0.1, 0.15) is 70.8 Å². The first-order valence-electron chi connectivity index (χ1n) is 10.6. The first-order valence-corrected chi connectivity index (χ1v) is 10.6. The molecule has 2 aliphatic rings. The minimum Gasteiger partial charge on any atom is -0.490 e. The van der Waals surface area contributed by atoms with E-state index < -0.39 is 11.6 Å². The van der Waals surface area contributed by atoms with E-state index in [1.807, 2.05) is 6.92 Å². The fraction of sp³-hybridized carbons (Fsp3) is 0.652. The summed E-state index contributed by atoms with van der Waals surface area (Å²) in [5, 5.41) is 0. The largest absolute Gasteiger partial charge is 0.490 e. The molecule has 3 atom stereocenters. The molecule has 1 aliphatic carbocycles. The Hall–Kier alpha value is -1.42. The SMILES string of the molecule is CCCCOc1ccc(C2=CCC(C3CCC(CC)CO3)CC2)c(F)c1F. The van der Waals surface area contributed by atoms with Gasteiger partial charge in [0.15, 0.2) is 11.6 Å². The van der Waals surface area contributed by atoms with E-state index in [0.717, 1.165) is 50.7 Å². The van der Waals surface area contributed by atoms with Crippen LogP contribution in [0.15, 0.2) is 18.2 Å². The normalized spacial score (nSPS) is 25.9. The van der Waals surface area contributed by atoms with Crippen LogP contribution in [0.3, 0.4) is 0 Å². The second-order valence-corrected chi connectivity index (χ2v) is 7.93. The zero-order valence-corrected chi connectivity index (χ0v) is 16.6. The molecule has 1 aromatic carbocycles. The van der Waals surface area contributed by atoms with Crippen molar-refractivity contribution in [2.24, 2.45) is 11.8 Å². The molecule has 4 heteroatoms. The molecule has 3 rings (SSSR count). The predicted molar refractivity (Wildman–Crippen MR) is 105 cm³/mol. The Morgan fingerprint density at radius 3 is 2.59 bits per heavy atom. The monoisotopic (exact) mass is 378 g/mol. The van der Waals surface area contributed by atoms with Crippen molar-refractivity contribution in [2.75, 3.05) is 13.2 Å². The van der Waals surface area contributed by atoms with E-state index in [-0.39, 0.29) is 5.75 Å². The van der Waals surface area contributed by atoms with Crippen LogP contribution in [0, 0.1) is 23.5 Å². The Morgan fingerprint density at radius 2 is 1.96 bits per heavy atom. The van der Waals surface area contributed by atoms with Crippen molar-refractivity contribution in [1.82, 2.24) is 0 Å². The van der Waals surface area contributed by atoms with E-state index >= 15 is 0 Å². The van der Waals surface area contributed by atoms with Crippen molar-refractivity contribution >= 4 is 5.57 Å². The van der Waals surface area contributed by atoms with E-state index in [0.29, 0.717) is 30.1 Å². The van der Waals surface area contributed by atoms with Gasteiger partial charge in [0.25, 0.3) is 0 Å². The van der Waals surface area contributed by atoms with E-state index in [4.69, 9.17) is 9.47 Å². The molecular weight excluding hydrogens is 346 g/mol. The fourth-order valence-corrected chi connectivity index (χ4v) is 4.17. The molecule has 0 aromatic heterocycles. The van der Waals surface area contributed by atoms with Crippen LogP contribution in [0.2, 0.25) is 0 Å². The zero-order valence-electron chi connectivity index (χ0n) is 16.6. The molecule has 0 radical (unpaired) electrons. The minimum atomic E-state index is -0.868. The molecule has 3 unspecified atom stereocenters. The van der Waals surface area contributed by atoms with Crippen LogP contribution in [-0.2, 0) is 4.74 Å². The van der Waals surface area contributed by atoms with Crippen molar-refractivity contribution in [2.45, 2.75) is 71.3 Å². The lowest BCUT2D eigenvalue weighted by Gasteiger charge is -2.35. The van der Waals surface area contributed by atoms with E-state index in [1.54, 1.807) is 12.1 Å². The zero-order chi connectivity index (χ0) is 19.2. The van der Waals surface area contributed by atoms with Crippen molar-refractivity contribution < 1.29 is 18.3 Å². The van der Waals surface area contributed by atoms with Gasteiger partial charge in [-0.15, -0.1) is 0 Å². The smallest absolute Gasteiger partial charge is 0.201 e. The van der Waals surface area contributed by atoms with Crippen LogP contribution in [0.4, 0.5) is 8.78 Å². The summed E-state index contributed by atoms with van der Waals surface area (Å²) in [7, 11) is 0. The Bertz CT molecular complexity index is 648. The van der Waals surface area contributed by atoms with Gasteiger partial charge in [0.2, 0.25) is 5.82 Å².